The minimum absolute atomic E-state index is 0. The van der Waals surface area contributed by atoms with Gasteiger partial charge in [-0.15, -0.1) is 0 Å². The van der Waals surface area contributed by atoms with E-state index in [2.05, 4.69) is 116 Å². The normalized spacial score (nSPS) is 13.7. The van der Waals surface area contributed by atoms with E-state index in [1.165, 1.54) is 31.5 Å². The second kappa shape index (κ2) is 27.5. The van der Waals surface area contributed by atoms with Crippen molar-refractivity contribution in [2.75, 3.05) is 14.2 Å². The molecule has 49 heavy (non-hydrogen) atoms. The zero-order chi connectivity index (χ0) is 33.3. The molecule has 5 aromatic rings. The van der Waals surface area contributed by atoms with Crippen molar-refractivity contribution < 1.29 is 174 Å². The number of hydrogen-bond acceptors (Lipinski definition) is 6. The van der Waals surface area contributed by atoms with Gasteiger partial charge in [-0.25, -0.2) is 4.79 Å². The van der Waals surface area contributed by atoms with Gasteiger partial charge < -0.3 is 26.2 Å². The van der Waals surface area contributed by atoms with Crippen molar-refractivity contribution in [2.24, 2.45) is 11.8 Å². The van der Waals surface area contributed by atoms with Gasteiger partial charge in [0.25, 0.3) is 6.47 Å². The second-order valence-electron chi connectivity index (χ2n) is 9.84. The van der Waals surface area contributed by atoms with E-state index in [0.717, 1.165) is 23.3 Å². The first-order valence-electron chi connectivity index (χ1n) is 14.1. The number of benzene rings is 5. The Kier molecular flexibility index (Phi) is 27.5. The largest absolute Gasteiger partial charge is 1.00 e. The molecule has 0 heterocycles. The minimum Gasteiger partial charge on any atom is -1.00 e. The molecule has 7 rings (SSSR count). The number of carboxylic acids is 1. The first kappa shape index (κ1) is 48.9. The Bertz CT molecular complexity index is 1760. The number of fused-ring (bicyclic) bond motifs is 5. The van der Waals surface area contributed by atoms with Crippen LogP contribution in [0.4, 0.5) is 0 Å². The standard InChI is InChI=1S/C15H12O.C7H5BrO2.C7H7IO.C7H8.CH2O3.CH4.2Cs.H/c1-16-13-9-8-12-7-6-11-4-2-3-5-14(11)15(12)10-13;8-6-4-2-1-3-5(6)7(9)10;1-9-7-4-2-6(8)3-5-7;1-2-7-4-3-6(1)5-7;2-1-4-3;;;;/h2-10H,1H3;1-4H,(H,9,10);2-5H,1H3;1-4,6-7H,5H2;1,3H;1H4;;;/q;;;;;;2*+1;-1/p-1. The number of rotatable bonds is 4. The van der Waals surface area contributed by atoms with Crippen molar-refractivity contribution in [1.29, 1.82) is 0 Å². The van der Waals surface area contributed by atoms with Crippen LogP contribution in [0.25, 0.3) is 21.5 Å². The average molecular weight is 1080 g/mol. The summed E-state index contributed by atoms with van der Waals surface area (Å²) >= 11 is 5.37. The number of carbonyl (C=O) groups excluding carboxylic acids is 1. The number of carboxylic acid groups (broad SMARTS) is 1. The fraction of sp³-hybridized carbons (Fsp3) is 0.158. The topological polar surface area (TPSA) is 105 Å². The van der Waals surface area contributed by atoms with Gasteiger partial charge in [0, 0.05) is 8.04 Å². The van der Waals surface area contributed by atoms with Gasteiger partial charge in [-0.3, -0.25) is 4.79 Å². The van der Waals surface area contributed by atoms with Gasteiger partial charge in [0.2, 0.25) is 0 Å². The Morgan fingerprint density at radius 3 is 1.71 bits per heavy atom. The summed E-state index contributed by atoms with van der Waals surface area (Å²) in [6.07, 6.45) is 10.5. The van der Waals surface area contributed by atoms with Crippen molar-refractivity contribution in [3.8, 4) is 11.5 Å². The van der Waals surface area contributed by atoms with Gasteiger partial charge in [-0.1, -0.05) is 86.3 Å². The maximum atomic E-state index is 10.4. The fourth-order valence-corrected chi connectivity index (χ4v) is 5.46. The van der Waals surface area contributed by atoms with Crippen LogP contribution >= 0.6 is 38.5 Å². The van der Waals surface area contributed by atoms with E-state index >= 15 is 0 Å². The number of aromatic carboxylic acids is 1. The first-order chi connectivity index (χ1) is 22.3. The van der Waals surface area contributed by atoms with E-state index < -0.39 is 5.97 Å². The maximum absolute atomic E-state index is 10.4. The van der Waals surface area contributed by atoms with E-state index in [1.54, 1.807) is 38.5 Å². The molecule has 0 spiro atoms. The molecule has 248 valence electrons. The van der Waals surface area contributed by atoms with Crippen molar-refractivity contribution in [3.05, 3.63) is 141 Å². The Balaban J connectivity index is 0. The van der Waals surface area contributed by atoms with Gasteiger partial charge in [-0.2, -0.15) is 0 Å². The quantitative estimate of drug-likeness (QED) is 0.0736. The molecule has 0 amide bonds. The molecule has 0 unspecified atom stereocenters. The molecule has 11 heteroatoms. The molecular formula is C38H38BrCs2IO7. The van der Waals surface area contributed by atoms with Gasteiger partial charge in [-0.05, 0) is 127 Å². The molecule has 1 N–H and O–H groups in total. The maximum Gasteiger partial charge on any atom is 1.00 e. The van der Waals surface area contributed by atoms with Crippen LogP contribution in [0.3, 0.4) is 0 Å². The minimum atomic E-state index is -0.910. The third-order valence-electron chi connectivity index (χ3n) is 6.90. The molecule has 0 saturated heterocycles. The van der Waals surface area contributed by atoms with Crippen LogP contribution in [0, 0.1) is 15.4 Å². The van der Waals surface area contributed by atoms with Crippen molar-refractivity contribution in [2.45, 2.75) is 13.8 Å². The van der Waals surface area contributed by atoms with E-state index in [1.807, 2.05) is 30.3 Å². The summed E-state index contributed by atoms with van der Waals surface area (Å²) in [5, 5.41) is 22.0. The third-order valence-corrected chi connectivity index (χ3v) is 8.31. The van der Waals surface area contributed by atoms with E-state index in [-0.39, 0.29) is 153 Å². The van der Waals surface area contributed by atoms with Crippen molar-refractivity contribution in [3.63, 3.8) is 0 Å². The van der Waals surface area contributed by atoms with E-state index in [9.17, 15) is 4.79 Å². The predicted molar refractivity (Wildman–Crippen MR) is 200 cm³/mol. The summed E-state index contributed by atoms with van der Waals surface area (Å²) in [7, 11) is 3.37. The second-order valence-corrected chi connectivity index (χ2v) is 11.9. The van der Waals surface area contributed by atoms with Crippen LogP contribution in [0.15, 0.2) is 132 Å². The molecular weight excluding hydrogens is 1040 g/mol. The molecule has 0 radical (unpaired) electrons. The van der Waals surface area contributed by atoms with Gasteiger partial charge >= 0.3 is 144 Å². The zero-order valence-corrected chi connectivity index (χ0v) is 43.5. The summed E-state index contributed by atoms with van der Waals surface area (Å²) in [4.78, 5) is 21.6. The number of ether oxygens (including phenoxy) is 2. The van der Waals surface area contributed by atoms with Gasteiger partial charge in [0.1, 0.15) is 11.5 Å². The van der Waals surface area contributed by atoms with E-state index in [0.29, 0.717) is 10.0 Å². The molecule has 2 aliphatic carbocycles. The van der Waals surface area contributed by atoms with Crippen LogP contribution in [0.1, 0.15) is 25.6 Å². The number of allylic oxidation sites excluding steroid dienone is 4. The molecule has 2 aliphatic rings. The van der Waals surface area contributed by atoms with Crippen molar-refractivity contribution >= 4 is 72.5 Å². The Morgan fingerprint density at radius 2 is 1.27 bits per heavy atom. The summed E-state index contributed by atoms with van der Waals surface area (Å²) in [6.45, 7) is -0.181. The van der Waals surface area contributed by atoms with Gasteiger partial charge in [0.05, 0.1) is 19.8 Å². The van der Waals surface area contributed by atoms with Crippen molar-refractivity contribution in [1.82, 2.24) is 0 Å². The smallest absolute Gasteiger partial charge is 1.00 e. The SMILES string of the molecule is C.C1=CC2C=CC1C2.COc1ccc(I)cc1.COc1ccc2ccc3ccccc3c2c1.O=C(O)c1ccccc1Br.O=CO[O-].[Cs+].[Cs+].[H-]. The molecule has 2 bridgehead atoms. The first-order valence-corrected chi connectivity index (χ1v) is 16.0. The van der Waals surface area contributed by atoms with Gasteiger partial charge in [0.15, 0.2) is 0 Å². The zero-order valence-electron chi connectivity index (χ0n) is 28.2. The summed E-state index contributed by atoms with van der Waals surface area (Å²) in [6, 6.07) is 33.5. The summed E-state index contributed by atoms with van der Waals surface area (Å²) in [5.41, 5.74) is 0.294. The van der Waals surface area contributed by atoms with Crippen LogP contribution in [-0.4, -0.2) is 31.8 Å². The average Bonchev–Trinajstić information content (AvgIpc) is 3.76. The third kappa shape index (κ3) is 17.1. The summed E-state index contributed by atoms with van der Waals surface area (Å²) in [5.74, 6) is 2.53. The Hall–Kier alpha value is -0.0861. The predicted octanol–water partition coefficient (Wildman–Crippen LogP) is 3.39. The number of hydrogen-bond donors (Lipinski definition) is 1. The molecule has 0 saturated carbocycles. The number of methoxy groups -OCH3 is 2. The number of halogens is 2. The molecule has 0 aliphatic heterocycles. The van der Waals surface area contributed by atoms with Crippen LogP contribution < -0.4 is 153 Å². The monoisotopic (exact) mass is 1080 g/mol. The van der Waals surface area contributed by atoms with Crippen LogP contribution in [0.5, 0.6) is 11.5 Å². The van der Waals surface area contributed by atoms with Crippen LogP contribution in [-0.2, 0) is 9.68 Å². The van der Waals surface area contributed by atoms with E-state index in [4.69, 9.17) is 24.6 Å². The Labute approximate surface area is 429 Å². The summed E-state index contributed by atoms with van der Waals surface area (Å²) < 4.78 is 12.1. The van der Waals surface area contributed by atoms with Crippen LogP contribution in [0.2, 0.25) is 0 Å². The molecule has 0 fully saturated rings. The fourth-order valence-electron chi connectivity index (χ4n) is 4.64. The Morgan fingerprint density at radius 1 is 0.796 bits per heavy atom. The molecule has 7 nitrogen and oxygen atoms in total. The molecule has 5 aromatic carbocycles. The number of carbonyl (C=O) groups is 2. The molecule has 0 aromatic heterocycles. The molecule has 0 atom stereocenters.